The molecule has 6 nitrogen and oxygen atoms in total. The molecule has 5 rings (SSSR count). The van der Waals surface area contributed by atoms with Crippen molar-refractivity contribution in [3.05, 3.63) is 0 Å². The van der Waals surface area contributed by atoms with Crippen molar-refractivity contribution in [2.24, 2.45) is 17.8 Å². The number of carbonyl (C=O) groups is 2. The van der Waals surface area contributed by atoms with Gasteiger partial charge in [0.1, 0.15) is 0 Å². The molecule has 2 saturated heterocycles. The number of amides is 2. The number of nitrogens with one attached hydrogen (secondary N) is 1. The average Bonchev–Trinajstić information content (AvgIpc) is 3.38. The zero-order valence-corrected chi connectivity index (χ0v) is 17.2. The molecule has 3 aliphatic carbocycles. The van der Waals surface area contributed by atoms with Crippen LogP contribution < -0.4 is 5.32 Å². The molecule has 5 fully saturated rings. The van der Waals surface area contributed by atoms with Gasteiger partial charge in [0.15, 0.2) is 0 Å². The van der Waals surface area contributed by atoms with E-state index >= 15 is 0 Å². The Labute approximate surface area is 169 Å². The van der Waals surface area contributed by atoms with E-state index < -0.39 is 0 Å². The Morgan fingerprint density at radius 3 is 2.36 bits per heavy atom. The summed E-state index contributed by atoms with van der Waals surface area (Å²) >= 11 is 0. The van der Waals surface area contributed by atoms with E-state index in [0.29, 0.717) is 12.5 Å². The number of hydrogen-bond acceptors (Lipinski definition) is 4. The van der Waals surface area contributed by atoms with E-state index in [9.17, 15) is 9.59 Å². The molecule has 28 heavy (non-hydrogen) atoms. The Bertz CT molecular complexity index is 599. The van der Waals surface area contributed by atoms with Crippen LogP contribution in [0.3, 0.4) is 0 Å². The van der Waals surface area contributed by atoms with Crippen molar-refractivity contribution in [1.29, 1.82) is 0 Å². The van der Waals surface area contributed by atoms with Crippen LogP contribution in [0.2, 0.25) is 0 Å². The fraction of sp³-hybridized carbons (Fsp3) is 0.909. The van der Waals surface area contributed by atoms with Crippen LogP contribution in [0, 0.1) is 17.8 Å². The summed E-state index contributed by atoms with van der Waals surface area (Å²) in [7, 11) is 0. The van der Waals surface area contributed by atoms with Crippen LogP contribution in [0.25, 0.3) is 0 Å². The molecular weight excluding hydrogens is 352 g/mol. The molecule has 4 atom stereocenters. The lowest BCUT2D eigenvalue weighted by Gasteiger charge is -2.43. The van der Waals surface area contributed by atoms with Gasteiger partial charge < -0.3 is 10.2 Å². The van der Waals surface area contributed by atoms with E-state index in [2.05, 4.69) is 20.0 Å². The van der Waals surface area contributed by atoms with Gasteiger partial charge in [-0.15, -0.1) is 0 Å². The van der Waals surface area contributed by atoms with Crippen molar-refractivity contribution < 1.29 is 9.59 Å². The summed E-state index contributed by atoms with van der Waals surface area (Å²) in [5, 5.41) is 3.31. The van der Waals surface area contributed by atoms with Crippen LogP contribution in [0.1, 0.15) is 51.4 Å². The van der Waals surface area contributed by atoms with Crippen molar-refractivity contribution in [1.82, 2.24) is 20.0 Å². The second-order valence-electron chi connectivity index (χ2n) is 10.0. The summed E-state index contributed by atoms with van der Waals surface area (Å²) in [4.78, 5) is 32.3. The zero-order valence-electron chi connectivity index (χ0n) is 17.2. The first-order valence-electron chi connectivity index (χ1n) is 11.7. The third-order valence-electron chi connectivity index (χ3n) is 8.31. The highest BCUT2D eigenvalue weighted by atomic mass is 16.2. The second-order valence-corrected chi connectivity index (χ2v) is 10.0. The Kier molecular flexibility index (Phi) is 5.35. The SMILES string of the molecule is O=C(NC1CCN(CC(=O)N2CCN(C3CCC3)CC2)C1)C1CC2CCC1C2. The molecule has 0 spiro atoms. The maximum Gasteiger partial charge on any atom is 0.236 e. The van der Waals surface area contributed by atoms with Gasteiger partial charge in [-0.25, -0.2) is 0 Å². The topological polar surface area (TPSA) is 55.9 Å². The van der Waals surface area contributed by atoms with E-state index in [0.717, 1.165) is 64.1 Å². The van der Waals surface area contributed by atoms with Gasteiger partial charge in [0.2, 0.25) is 11.8 Å². The van der Waals surface area contributed by atoms with Crippen LogP contribution in [0.5, 0.6) is 0 Å². The van der Waals surface area contributed by atoms with E-state index in [1.807, 2.05) is 0 Å². The number of rotatable bonds is 5. The van der Waals surface area contributed by atoms with Crippen LogP contribution in [-0.4, -0.2) is 84.4 Å². The van der Waals surface area contributed by atoms with Crippen LogP contribution in [0.4, 0.5) is 0 Å². The van der Waals surface area contributed by atoms with Crippen molar-refractivity contribution in [3.63, 3.8) is 0 Å². The minimum Gasteiger partial charge on any atom is -0.352 e. The van der Waals surface area contributed by atoms with Gasteiger partial charge in [-0.3, -0.25) is 19.4 Å². The molecule has 4 unspecified atom stereocenters. The molecule has 3 saturated carbocycles. The lowest BCUT2D eigenvalue weighted by atomic mass is 9.88. The molecule has 2 bridgehead atoms. The Hall–Kier alpha value is -1.14. The van der Waals surface area contributed by atoms with Crippen LogP contribution >= 0.6 is 0 Å². The van der Waals surface area contributed by atoms with Gasteiger partial charge in [-0.1, -0.05) is 12.8 Å². The standard InChI is InChI=1S/C22H36N4O2/c27-21(26-10-8-25(9-11-26)19-2-1-3-19)15-24-7-6-18(14-24)23-22(28)20-13-16-4-5-17(20)12-16/h16-20H,1-15H2,(H,23,28). The predicted molar refractivity (Wildman–Crippen MR) is 108 cm³/mol. The lowest BCUT2D eigenvalue weighted by Crippen LogP contribution is -2.55. The maximum atomic E-state index is 12.7. The van der Waals surface area contributed by atoms with Gasteiger partial charge in [0, 0.05) is 57.3 Å². The lowest BCUT2D eigenvalue weighted by molar-refractivity contribution is -0.134. The predicted octanol–water partition coefficient (Wildman–Crippen LogP) is 1.31. The average molecular weight is 389 g/mol. The van der Waals surface area contributed by atoms with Gasteiger partial charge in [-0.05, 0) is 50.4 Å². The summed E-state index contributed by atoms with van der Waals surface area (Å²) in [5.41, 5.74) is 0. The first kappa shape index (κ1) is 18.9. The number of fused-ring (bicyclic) bond motifs is 2. The maximum absolute atomic E-state index is 12.7. The minimum atomic E-state index is 0.231. The Balaban J connectivity index is 1.03. The summed E-state index contributed by atoms with van der Waals surface area (Å²) in [6.07, 6.45) is 10.0. The molecule has 1 N–H and O–H groups in total. The summed E-state index contributed by atoms with van der Waals surface area (Å²) in [5.74, 6) is 2.28. The molecule has 0 aromatic carbocycles. The first-order valence-corrected chi connectivity index (χ1v) is 11.7. The van der Waals surface area contributed by atoms with E-state index in [4.69, 9.17) is 0 Å². The molecule has 2 amide bonds. The zero-order chi connectivity index (χ0) is 19.1. The van der Waals surface area contributed by atoms with Gasteiger partial charge in [0.05, 0.1) is 6.54 Å². The molecule has 2 heterocycles. The smallest absolute Gasteiger partial charge is 0.236 e. The summed E-state index contributed by atoms with van der Waals surface area (Å²) in [6, 6.07) is 1.02. The van der Waals surface area contributed by atoms with Crippen molar-refractivity contribution in [3.8, 4) is 0 Å². The quantitative estimate of drug-likeness (QED) is 0.772. The van der Waals surface area contributed by atoms with Crippen LogP contribution in [-0.2, 0) is 9.59 Å². The van der Waals surface area contributed by atoms with Gasteiger partial charge in [-0.2, -0.15) is 0 Å². The summed E-state index contributed by atoms with van der Waals surface area (Å²) < 4.78 is 0. The Morgan fingerprint density at radius 2 is 1.71 bits per heavy atom. The van der Waals surface area contributed by atoms with Crippen LogP contribution in [0.15, 0.2) is 0 Å². The molecular formula is C22H36N4O2. The van der Waals surface area contributed by atoms with E-state index in [-0.39, 0.29) is 23.8 Å². The van der Waals surface area contributed by atoms with Crippen molar-refractivity contribution in [2.75, 3.05) is 45.8 Å². The molecule has 6 heteroatoms. The largest absolute Gasteiger partial charge is 0.352 e. The highest BCUT2D eigenvalue weighted by Gasteiger charge is 2.43. The highest BCUT2D eigenvalue weighted by molar-refractivity contribution is 5.80. The minimum absolute atomic E-state index is 0.231. The van der Waals surface area contributed by atoms with Crippen molar-refractivity contribution in [2.45, 2.75) is 63.5 Å². The molecule has 5 aliphatic rings. The number of hydrogen-bond donors (Lipinski definition) is 1. The number of nitrogens with zero attached hydrogens (tertiary/aromatic N) is 3. The molecule has 0 radical (unpaired) electrons. The second kappa shape index (κ2) is 7.94. The molecule has 0 aromatic rings. The highest BCUT2D eigenvalue weighted by Crippen LogP contribution is 2.48. The number of likely N-dealkylation sites (tertiary alicyclic amines) is 1. The fourth-order valence-corrected chi connectivity index (χ4v) is 6.35. The van der Waals surface area contributed by atoms with Gasteiger partial charge in [0.25, 0.3) is 0 Å². The molecule has 2 aliphatic heterocycles. The van der Waals surface area contributed by atoms with E-state index in [1.165, 1.54) is 38.5 Å². The first-order chi connectivity index (χ1) is 13.7. The fourth-order valence-electron chi connectivity index (χ4n) is 6.35. The molecule has 0 aromatic heterocycles. The third kappa shape index (κ3) is 3.82. The third-order valence-corrected chi connectivity index (χ3v) is 8.31. The number of piperazine rings is 1. The number of carbonyl (C=O) groups excluding carboxylic acids is 2. The monoisotopic (exact) mass is 388 g/mol. The Morgan fingerprint density at radius 1 is 0.893 bits per heavy atom. The van der Waals surface area contributed by atoms with Crippen molar-refractivity contribution >= 4 is 11.8 Å². The summed E-state index contributed by atoms with van der Waals surface area (Å²) in [6.45, 7) is 6.12. The van der Waals surface area contributed by atoms with E-state index in [1.54, 1.807) is 0 Å². The normalized spacial score (nSPS) is 36.6. The molecule has 156 valence electrons. The van der Waals surface area contributed by atoms with Gasteiger partial charge >= 0.3 is 0 Å².